The Morgan fingerprint density at radius 3 is 2.52 bits per heavy atom. The van der Waals surface area contributed by atoms with Crippen LogP contribution in [0.2, 0.25) is 5.02 Å². The maximum absolute atomic E-state index is 6.36. The van der Waals surface area contributed by atoms with Crippen molar-refractivity contribution in [2.24, 2.45) is 0 Å². The van der Waals surface area contributed by atoms with Crippen LogP contribution in [-0.4, -0.2) is 24.2 Å². The van der Waals surface area contributed by atoms with E-state index in [1.54, 1.807) is 32.5 Å². The van der Waals surface area contributed by atoms with Crippen LogP contribution in [0, 0.1) is 0 Å². The number of fused-ring (bicyclic) bond motifs is 1. The molecule has 0 spiro atoms. The minimum absolute atomic E-state index is 0.543. The Morgan fingerprint density at radius 2 is 1.81 bits per heavy atom. The molecule has 0 aliphatic carbocycles. The summed E-state index contributed by atoms with van der Waals surface area (Å²) in [6, 6.07) is 11.1. The molecule has 0 bridgehead atoms. The van der Waals surface area contributed by atoms with E-state index in [4.69, 9.17) is 21.1 Å². The Bertz CT molecular complexity index is 805. The largest absolute Gasteiger partial charge is 0.497 e. The first kappa shape index (κ1) is 13.6. The Labute approximate surface area is 127 Å². The highest BCUT2D eigenvalue weighted by Gasteiger charge is 2.11. The van der Waals surface area contributed by atoms with E-state index in [0.29, 0.717) is 16.7 Å². The van der Waals surface area contributed by atoms with Crippen LogP contribution in [0.15, 0.2) is 42.6 Å². The zero-order valence-corrected chi connectivity index (χ0v) is 12.4. The first-order chi connectivity index (χ1) is 10.2. The molecule has 0 saturated heterocycles. The second-order valence-corrected chi connectivity index (χ2v) is 4.83. The van der Waals surface area contributed by atoms with Gasteiger partial charge < -0.3 is 9.47 Å². The number of pyridine rings is 2. The van der Waals surface area contributed by atoms with Gasteiger partial charge in [-0.05, 0) is 30.3 Å². The molecule has 0 saturated carbocycles. The molecule has 0 unspecified atom stereocenters. The van der Waals surface area contributed by atoms with Gasteiger partial charge in [-0.25, -0.2) is 4.98 Å². The average Bonchev–Trinajstić information content (AvgIpc) is 2.53. The molecule has 0 aliphatic heterocycles. The van der Waals surface area contributed by atoms with E-state index in [1.165, 1.54) is 0 Å². The summed E-state index contributed by atoms with van der Waals surface area (Å²) < 4.78 is 10.4. The number of rotatable bonds is 3. The van der Waals surface area contributed by atoms with E-state index in [1.807, 2.05) is 24.3 Å². The van der Waals surface area contributed by atoms with Crippen molar-refractivity contribution >= 4 is 22.6 Å². The number of hydrogen-bond acceptors (Lipinski definition) is 4. The van der Waals surface area contributed by atoms with E-state index in [9.17, 15) is 0 Å². The lowest BCUT2D eigenvalue weighted by molar-refractivity contribution is 0.399. The summed E-state index contributed by atoms with van der Waals surface area (Å²) >= 11 is 6.36. The van der Waals surface area contributed by atoms with Gasteiger partial charge in [0.2, 0.25) is 5.88 Å². The second kappa shape index (κ2) is 5.58. The summed E-state index contributed by atoms with van der Waals surface area (Å²) in [6.45, 7) is 0. The van der Waals surface area contributed by atoms with E-state index >= 15 is 0 Å². The molecule has 106 valence electrons. The van der Waals surface area contributed by atoms with Gasteiger partial charge in [0.1, 0.15) is 11.3 Å². The number of methoxy groups -OCH3 is 2. The van der Waals surface area contributed by atoms with Crippen molar-refractivity contribution in [3.05, 3.63) is 47.6 Å². The van der Waals surface area contributed by atoms with Crippen LogP contribution in [0.25, 0.3) is 22.2 Å². The zero-order valence-electron chi connectivity index (χ0n) is 11.6. The fourth-order valence-corrected chi connectivity index (χ4v) is 2.45. The van der Waals surface area contributed by atoms with Gasteiger partial charge in [-0.15, -0.1) is 0 Å². The van der Waals surface area contributed by atoms with Crippen molar-refractivity contribution < 1.29 is 9.47 Å². The molecular weight excluding hydrogens is 288 g/mol. The zero-order chi connectivity index (χ0) is 14.8. The van der Waals surface area contributed by atoms with Crippen molar-refractivity contribution in [2.75, 3.05) is 14.2 Å². The van der Waals surface area contributed by atoms with Crippen LogP contribution in [0.3, 0.4) is 0 Å². The van der Waals surface area contributed by atoms with Gasteiger partial charge in [0.15, 0.2) is 0 Å². The lowest BCUT2D eigenvalue weighted by atomic mass is 10.0. The molecule has 5 heteroatoms. The summed E-state index contributed by atoms with van der Waals surface area (Å²) in [4.78, 5) is 8.80. The first-order valence-corrected chi connectivity index (χ1v) is 6.74. The molecule has 0 fully saturated rings. The molecule has 21 heavy (non-hydrogen) atoms. The van der Waals surface area contributed by atoms with Crippen molar-refractivity contribution in [2.45, 2.75) is 0 Å². The summed E-state index contributed by atoms with van der Waals surface area (Å²) in [5.41, 5.74) is 3.33. The number of ether oxygens (including phenoxy) is 2. The van der Waals surface area contributed by atoms with Crippen molar-refractivity contribution in [1.29, 1.82) is 0 Å². The number of halogens is 1. The summed E-state index contributed by atoms with van der Waals surface area (Å²) in [5, 5.41) is 0.603. The molecule has 0 radical (unpaired) electrons. The summed E-state index contributed by atoms with van der Waals surface area (Å²) in [6.07, 6.45) is 1.74. The van der Waals surface area contributed by atoms with Crippen LogP contribution in [-0.2, 0) is 0 Å². The second-order valence-electron chi connectivity index (χ2n) is 4.43. The molecule has 1 aromatic carbocycles. The highest BCUT2D eigenvalue weighted by molar-refractivity contribution is 6.33. The monoisotopic (exact) mass is 300 g/mol. The van der Waals surface area contributed by atoms with Crippen LogP contribution in [0.5, 0.6) is 11.6 Å². The summed E-state index contributed by atoms with van der Waals surface area (Å²) in [5.74, 6) is 1.26. The maximum Gasteiger partial charge on any atom is 0.213 e. The maximum atomic E-state index is 6.36. The Kier molecular flexibility index (Phi) is 3.62. The van der Waals surface area contributed by atoms with Crippen molar-refractivity contribution in [1.82, 2.24) is 9.97 Å². The molecule has 2 aromatic heterocycles. The lowest BCUT2D eigenvalue weighted by Gasteiger charge is -2.10. The molecular formula is C16H13ClN2O2. The number of aromatic nitrogens is 2. The van der Waals surface area contributed by atoms with Crippen LogP contribution in [0.4, 0.5) is 0 Å². The van der Waals surface area contributed by atoms with Gasteiger partial charge in [0.25, 0.3) is 0 Å². The third-order valence-electron chi connectivity index (χ3n) is 3.23. The molecule has 3 rings (SSSR count). The Balaban J connectivity index is 2.24. The minimum Gasteiger partial charge on any atom is -0.497 e. The number of benzene rings is 1. The fraction of sp³-hybridized carbons (Fsp3) is 0.125. The third-order valence-corrected chi connectivity index (χ3v) is 3.55. The Morgan fingerprint density at radius 1 is 0.952 bits per heavy atom. The quantitative estimate of drug-likeness (QED) is 0.734. The summed E-state index contributed by atoms with van der Waals surface area (Å²) in [7, 11) is 3.20. The van der Waals surface area contributed by atoms with Crippen LogP contribution < -0.4 is 9.47 Å². The molecule has 0 N–H and O–H groups in total. The van der Waals surface area contributed by atoms with Gasteiger partial charge in [0.05, 0.1) is 24.8 Å². The SMILES string of the molecule is COc1ccc(-c2ccnc3ccc(OC)nc23)c(Cl)c1. The standard InChI is InChI=1S/C16H13ClN2O2/c1-20-10-3-4-11(13(17)9-10)12-7-8-18-14-5-6-15(21-2)19-16(12)14/h3-9H,1-2H3. The van der Waals surface area contributed by atoms with E-state index in [2.05, 4.69) is 9.97 Å². The molecule has 3 aromatic rings. The number of nitrogens with zero attached hydrogens (tertiary/aromatic N) is 2. The molecule has 2 heterocycles. The van der Waals surface area contributed by atoms with Crippen molar-refractivity contribution in [3.8, 4) is 22.8 Å². The number of hydrogen-bond donors (Lipinski definition) is 0. The molecule has 0 aliphatic rings. The fourth-order valence-electron chi connectivity index (χ4n) is 2.18. The molecule has 0 atom stereocenters. The minimum atomic E-state index is 0.543. The predicted molar refractivity (Wildman–Crippen MR) is 83.1 cm³/mol. The highest BCUT2D eigenvalue weighted by atomic mass is 35.5. The van der Waals surface area contributed by atoms with Gasteiger partial charge in [-0.3, -0.25) is 4.98 Å². The van der Waals surface area contributed by atoms with Gasteiger partial charge in [-0.1, -0.05) is 11.6 Å². The van der Waals surface area contributed by atoms with Crippen LogP contribution in [0.1, 0.15) is 0 Å². The van der Waals surface area contributed by atoms with E-state index in [0.717, 1.165) is 22.2 Å². The van der Waals surface area contributed by atoms with Gasteiger partial charge >= 0.3 is 0 Å². The topological polar surface area (TPSA) is 44.2 Å². The van der Waals surface area contributed by atoms with Gasteiger partial charge in [-0.2, -0.15) is 0 Å². The van der Waals surface area contributed by atoms with Crippen LogP contribution >= 0.6 is 11.6 Å². The predicted octanol–water partition coefficient (Wildman–Crippen LogP) is 3.97. The van der Waals surface area contributed by atoms with Gasteiger partial charge in [0, 0.05) is 23.4 Å². The lowest BCUT2D eigenvalue weighted by Crippen LogP contribution is -1.92. The molecule has 4 nitrogen and oxygen atoms in total. The van der Waals surface area contributed by atoms with E-state index < -0.39 is 0 Å². The first-order valence-electron chi connectivity index (χ1n) is 6.36. The third kappa shape index (κ3) is 2.50. The Hall–Kier alpha value is -2.33. The van der Waals surface area contributed by atoms with E-state index in [-0.39, 0.29) is 0 Å². The highest BCUT2D eigenvalue weighted by Crippen LogP contribution is 2.34. The van der Waals surface area contributed by atoms with Crippen molar-refractivity contribution in [3.63, 3.8) is 0 Å². The normalized spacial score (nSPS) is 10.6. The molecule has 0 amide bonds. The average molecular weight is 301 g/mol. The smallest absolute Gasteiger partial charge is 0.213 e.